The Balaban J connectivity index is 1.73. The SMILES string of the molecule is CCN(Cc1nc2ccccc2c(=O)[nH]1)C(C)C(=O)N(C)Cc1cccc(F)c1. The van der Waals surface area contributed by atoms with Crippen molar-refractivity contribution in [3.05, 3.63) is 76.1 Å². The van der Waals surface area contributed by atoms with Crippen LogP contribution < -0.4 is 5.56 Å². The van der Waals surface area contributed by atoms with Crippen LogP contribution in [-0.4, -0.2) is 45.3 Å². The first kappa shape index (κ1) is 20.7. The summed E-state index contributed by atoms with van der Waals surface area (Å²) < 4.78 is 13.4. The van der Waals surface area contributed by atoms with Gasteiger partial charge in [0.15, 0.2) is 0 Å². The number of H-pyrrole nitrogens is 1. The molecule has 0 saturated heterocycles. The number of rotatable bonds is 7. The number of hydrogen-bond acceptors (Lipinski definition) is 4. The van der Waals surface area contributed by atoms with Gasteiger partial charge in [0.25, 0.3) is 5.56 Å². The third-order valence-electron chi connectivity index (χ3n) is 5.01. The second kappa shape index (κ2) is 8.96. The molecule has 1 unspecified atom stereocenters. The third-order valence-corrected chi connectivity index (χ3v) is 5.01. The summed E-state index contributed by atoms with van der Waals surface area (Å²) >= 11 is 0. The van der Waals surface area contributed by atoms with Gasteiger partial charge in [0, 0.05) is 13.6 Å². The van der Waals surface area contributed by atoms with Crippen molar-refractivity contribution in [3.63, 3.8) is 0 Å². The van der Waals surface area contributed by atoms with Crippen LogP contribution in [0.2, 0.25) is 0 Å². The van der Waals surface area contributed by atoms with Crippen LogP contribution in [0, 0.1) is 5.82 Å². The molecule has 29 heavy (non-hydrogen) atoms. The summed E-state index contributed by atoms with van der Waals surface area (Å²) in [6, 6.07) is 13.0. The average Bonchev–Trinajstić information content (AvgIpc) is 2.71. The first-order valence-corrected chi connectivity index (χ1v) is 9.60. The fourth-order valence-corrected chi connectivity index (χ4v) is 3.39. The number of fused-ring (bicyclic) bond motifs is 1. The van der Waals surface area contributed by atoms with Gasteiger partial charge < -0.3 is 9.88 Å². The maximum Gasteiger partial charge on any atom is 0.258 e. The maximum absolute atomic E-state index is 13.4. The lowest BCUT2D eigenvalue weighted by Crippen LogP contribution is -2.45. The summed E-state index contributed by atoms with van der Waals surface area (Å²) in [5.74, 6) is 0.111. The summed E-state index contributed by atoms with van der Waals surface area (Å²) in [6.07, 6.45) is 0. The quantitative estimate of drug-likeness (QED) is 0.667. The Hall–Kier alpha value is -3.06. The number of nitrogens with zero attached hydrogens (tertiary/aromatic N) is 3. The molecule has 0 saturated carbocycles. The van der Waals surface area contributed by atoms with Crippen LogP contribution in [0.15, 0.2) is 53.3 Å². The Morgan fingerprint density at radius 2 is 1.93 bits per heavy atom. The number of carbonyl (C=O) groups excluding carboxylic acids is 1. The van der Waals surface area contributed by atoms with E-state index in [1.807, 2.05) is 24.8 Å². The summed E-state index contributed by atoms with van der Waals surface area (Å²) in [7, 11) is 1.70. The van der Waals surface area contributed by atoms with E-state index in [1.54, 1.807) is 42.3 Å². The fraction of sp³-hybridized carbons (Fsp3) is 0.318. The van der Waals surface area contributed by atoms with E-state index in [9.17, 15) is 14.0 Å². The number of aromatic amines is 1. The molecule has 1 heterocycles. The Kier molecular flexibility index (Phi) is 6.39. The van der Waals surface area contributed by atoms with Crippen LogP contribution in [0.4, 0.5) is 4.39 Å². The Bertz CT molecular complexity index is 1070. The normalized spacial score (nSPS) is 12.3. The van der Waals surface area contributed by atoms with Crippen LogP contribution in [0.5, 0.6) is 0 Å². The zero-order valence-electron chi connectivity index (χ0n) is 16.9. The molecule has 0 aliphatic carbocycles. The van der Waals surface area contributed by atoms with Gasteiger partial charge in [-0.3, -0.25) is 14.5 Å². The molecule has 152 valence electrons. The third kappa shape index (κ3) is 4.86. The largest absolute Gasteiger partial charge is 0.340 e. The lowest BCUT2D eigenvalue weighted by atomic mass is 10.2. The van der Waals surface area contributed by atoms with Gasteiger partial charge in [-0.15, -0.1) is 0 Å². The van der Waals surface area contributed by atoms with E-state index in [-0.39, 0.29) is 17.3 Å². The van der Waals surface area contributed by atoms with Gasteiger partial charge in [-0.2, -0.15) is 0 Å². The Labute approximate surface area is 169 Å². The van der Waals surface area contributed by atoms with E-state index in [2.05, 4.69) is 9.97 Å². The fourth-order valence-electron chi connectivity index (χ4n) is 3.39. The summed E-state index contributed by atoms with van der Waals surface area (Å²) in [5.41, 5.74) is 1.17. The lowest BCUT2D eigenvalue weighted by molar-refractivity contribution is -0.135. The number of carbonyl (C=O) groups is 1. The van der Waals surface area contributed by atoms with Crippen molar-refractivity contribution >= 4 is 16.8 Å². The van der Waals surface area contributed by atoms with E-state index in [0.717, 1.165) is 5.56 Å². The predicted molar refractivity (Wildman–Crippen MR) is 111 cm³/mol. The Morgan fingerprint density at radius 3 is 2.66 bits per heavy atom. The smallest absolute Gasteiger partial charge is 0.258 e. The van der Waals surface area contributed by atoms with Crippen molar-refractivity contribution in [1.82, 2.24) is 19.8 Å². The number of amides is 1. The molecule has 2 aromatic carbocycles. The van der Waals surface area contributed by atoms with Gasteiger partial charge >= 0.3 is 0 Å². The molecule has 0 fully saturated rings. The van der Waals surface area contributed by atoms with Crippen LogP contribution >= 0.6 is 0 Å². The van der Waals surface area contributed by atoms with Crippen LogP contribution in [0.25, 0.3) is 10.9 Å². The second-order valence-corrected chi connectivity index (χ2v) is 7.09. The molecule has 1 N–H and O–H groups in total. The first-order chi connectivity index (χ1) is 13.9. The van der Waals surface area contributed by atoms with Gasteiger partial charge in [0.1, 0.15) is 11.6 Å². The van der Waals surface area contributed by atoms with E-state index in [4.69, 9.17) is 0 Å². The summed E-state index contributed by atoms with van der Waals surface area (Å²) in [4.78, 5) is 36.0. The van der Waals surface area contributed by atoms with Crippen LogP contribution in [-0.2, 0) is 17.9 Å². The standard InChI is InChI=1S/C22H25FN4O2/c1-4-27(14-20-24-19-11-6-5-10-18(19)21(28)25-20)15(2)22(29)26(3)13-16-8-7-9-17(23)12-16/h5-12,15H,4,13-14H2,1-3H3,(H,24,25,28). The number of likely N-dealkylation sites (N-methyl/N-ethyl adjacent to an activating group) is 2. The first-order valence-electron chi connectivity index (χ1n) is 9.60. The zero-order chi connectivity index (χ0) is 21.0. The lowest BCUT2D eigenvalue weighted by Gasteiger charge is -2.30. The van der Waals surface area contributed by atoms with Gasteiger partial charge in [-0.1, -0.05) is 31.2 Å². The number of aromatic nitrogens is 2. The molecule has 0 spiro atoms. The highest BCUT2D eigenvalue weighted by atomic mass is 19.1. The minimum absolute atomic E-state index is 0.0840. The molecule has 0 aliphatic heterocycles. The van der Waals surface area contributed by atoms with E-state index in [0.29, 0.717) is 36.4 Å². The molecule has 0 bridgehead atoms. The summed E-state index contributed by atoms with van der Waals surface area (Å²) in [5, 5.41) is 0.540. The van der Waals surface area contributed by atoms with Crippen molar-refractivity contribution in [1.29, 1.82) is 0 Å². The van der Waals surface area contributed by atoms with Crippen molar-refractivity contribution in [3.8, 4) is 0 Å². The molecule has 1 aromatic heterocycles. The minimum Gasteiger partial charge on any atom is -0.340 e. The number of para-hydroxylation sites is 1. The molecule has 3 rings (SSSR count). The molecular weight excluding hydrogens is 371 g/mol. The van der Waals surface area contributed by atoms with E-state index < -0.39 is 6.04 Å². The topological polar surface area (TPSA) is 69.3 Å². The second-order valence-electron chi connectivity index (χ2n) is 7.09. The molecule has 7 heteroatoms. The van der Waals surface area contributed by atoms with Gasteiger partial charge in [0.2, 0.25) is 5.91 Å². The monoisotopic (exact) mass is 396 g/mol. The molecule has 6 nitrogen and oxygen atoms in total. The van der Waals surface area contributed by atoms with Gasteiger partial charge in [-0.05, 0) is 43.3 Å². The highest BCUT2D eigenvalue weighted by molar-refractivity contribution is 5.81. The van der Waals surface area contributed by atoms with Crippen molar-refractivity contribution in [2.75, 3.05) is 13.6 Å². The highest BCUT2D eigenvalue weighted by Crippen LogP contribution is 2.12. The van der Waals surface area contributed by atoms with E-state index in [1.165, 1.54) is 12.1 Å². The zero-order valence-corrected chi connectivity index (χ0v) is 16.9. The number of hydrogen-bond donors (Lipinski definition) is 1. The van der Waals surface area contributed by atoms with Crippen molar-refractivity contribution in [2.24, 2.45) is 0 Å². The average molecular weight is 396 g/mol. The number of halogens is 1. The molecule has 3 aromatic rings. The number of benzene rings is 2. The number of nitrogens with one attached hydrogen (secondary N) is 1. The molecule has 1 atom stereocenters. The minimum atomic E-state index is -0.421. The summed E-state index contributed by atoms with van der Waals surface area (Å²) in [6.45, 7) is 5.06. The Morgan fingerprint density at radius 1 is 1.17 bits per heavy atom. The molecular formula is C22H25FN4O2. The van der Waals surface area contributed by atoms with Gasteiger partial charge in [-0.25, -0.2) is 9.37 Å². The molecule has 1 amide bonds. The van der Waals surface area contributed by atoms with Crippen LogP contribution in [0.1, 0.15) is 25.2 Å². The van der Waals surface area contributed by atoms with E-state index >= 15 is 0 Å². The maximum atomic E-state index is 13.4. The highest BCUT2D eigenvalue weighted by Gasteiger charge is 2.24. The van der Waals surface area contributed by atoms with Crippen LogP contribution in [0.3, 0.4) is 0 Å². The van der Waals surface area contributed by atoms with Crippen molar-refractivity contribution in [2.45, 2.75) is 33.0 Å². The predicted octanol–water partition coefficient (Wildman–Crippen LogP) is 2.93. The van der Waals surface area contributed by atoms with Crippen molar-refractivity contribution < 1.29 is 9.18 Å². The van der Waals surface area contributed by atoms with Gasteiger partial charge in [0.05, 0.1) is 23.5 Å². The molecule has 0 radical (unpaired) electrons. The molecule has 0 aliphatic rings.